The molecule has 1 amide bonds. The summed E-state index contributed by atoms with van der Waals surface area (Å²) in [5.74, 6) is 0.843. The normalized spacial score (nSPS) is 10.1. The summed E-state index contributed by atoms with van der Waals surface area (Å²) >= 11 is 0. The summed E-state index contributed by atoms with van der Waals surface area (Å²) in [4.78, 5) is 14.2. The number of methoxy groups -OCH3 is 1. The molecule has 116 valence electrons. The van der Waals surface area contributed by atoms with Crippen molar-refractivity contribution < 1.29 is 9.53 Å². The third kappa shape index (κ3) is 4.01. The monoisotopic (exact) mass is 298 g/mol. The predicted octanol–water partition coefficient (Wildman–Crippen LogP) is 3.47. The number of nitrogens with one attached hydrogen (secondary N) is 1. The molecule has 0 saturated carbocycles. The summed E-state index contributed by atoms with van der Waals surface area (Å²) < 4.78 is 5.12. The number of anilines is 2. The fourth-order valence-corrected chi connectivity index (χ4v) is 2.28. The van der Waals surface area contributed by atoms with Gasteiger partial charge in [-0.2, -0.15) is 0 Å². The molecule has 4 heteroatoms. The lowest BCUT2D eigenvalue weighted by atomic mass is 10.2. The first-order valence-corrected chi connectivity index (χ1v) is 7.39. The Bertz CT molecular complexity index is 623. The lowest BCUT2D eigenvalue weighted by Crippen LogP contribution is -2.35. The maximum atomic E-state index is 12.4. The fraction of sp³-hybridized carbons (Fsp3) is 0.278. The van der Waals surface area contributed by atoms with Crippen LogP contribution in [-0.2, 0) is 4.79 Å². The van der Waals surface area contributed by atoms with Crippen molar-refractivity contribution in [1.82, 2.24) is 0 Å². The molecule has 0 aliphatic carbocycles. The summed E-state index contributed by atoms with van der Waals surface area (Å²) in [5.41, 5.74) is 2.98. The van der Waals surface area contributed by atoms with Crippen LogP contribution in [-0.4, -0.2) is 26.1 Å². The Labute approximate surface area is 131 Å². The topological polar surface area (TPSA) is 41.6 Å². The van der Waals surface area contributed by atoms with Crippen LogP contribution in [0, 0.1) is 6.92 Å². The van der Waals surface area contributed by atoms with E-state index in [4.69, 9.17) is 4.74 Å². The second kappa shape index (κ2) is 7.50. The van der Waals surface area contributed by atoms with Crippen molar-refractivity contribution in [2.24, 2.45) is 0 Å². The fourth-order valence-electron chi connectivity index (χ4n) is 2.28. The van der Waals surface area contributed by atoms with Crippen LogP contribution in [0.5, 0.6) is 5.75 Å². The van der Waals surface area contributed by atoms with E-state index < -0.39 is 0 Å². The van der Waals surface area contributed by atoms with E-state index in [-0.39, 0.29) is 12.5 Å². The van der Waals surface area contributed by atoms with E-state index in [1.54, 1.807) is 12.0 Å². The number of rotatable bonds is 6. The van der Waals surface area contributed by atoms with Crippen molar-refractivity contribution in [2.75, 3.05) is 30.4 Å². The highest BCUT2D eigenvalue weighted by Gasteiger charge is 2.13. The second-order valence-corrected chi connectivity index (χ2v) is 5.06. The summed E-state index contributed by atoms with van der Waals surface area (Å²) in [6, 6.07) is 15.5. The Hall–Kier alpha value is -2.49. The summed E-state index contributed by atoms with van der Waals surface area (Å²) in [7, 11) is 1.63. The van der Waals surface area contributed by atoms with Crippen LogP contribution in [0.2, 0.25) is 0 Å². The second-order valence-electron chi connectivity index (χ2n) is 5.06. The van der Waals surface area contributed by atoms with Gasteiger partial charge in [0.25, 0.3) is 0 Å². The number of benzene rings is 2. The smallest absolute Gasteiger partial charge is 0.246 e. The van der Waals surface area contributed by atoms with Crippen molar-refractivity contribution in [3.8, 4) is 5.75 Å². The average molecular weight is 298 g/mol. The zero-order valence-electron chi connectivity index (χ0n) is 13.3. The molecule has 2 aromatic rings. The third-order valence-corrected chi connectivity index (χ3v) is 3.46. The van der Waals surface area contributed by atoms with Crippen molar-refractivity contribution in [3.05, 3.63) is 54.1 Å². The van der Waals surface area contributed by atoms with Crippen LogP contribution in [0.25, 0.3) is 0 Å². The summed E-state index contributed by atoms with van der Waals surface area (Å²) in [6.07, 6.45) is 0. The maximum absolute atomic E-state index is 12.4. The number of hydrogen-bond acceptors (Lipinski definition) is 3. The number of aryl methyl sites for hydroxylation is 1. The number of likely N-dealkylation sites (N-methyl/N-ethyl adjacent to an activating group) is 1. The molecular weight excluding hydrogens is 276 g/mol. The van der Waals surface area contributed by atoms with Gasteiger partial charge in [-0.1, -0.05) is 12.1 Å². The van der Waals surface area contributed by atoms with Gasteiger partial charge in [0.05, 0.1) is 13.7 Å². The van der Waals surface area contributed by atoms with E-state index >= 15 is 0 Å². The first kappa shape index (κ1) is 15.9. The minimum atomic E-state index is 0.0453. The molecule has 0 spiro atoms. The van der Waals surface area contributed by atoms with Crippen LogP contribution >= 0.6 is 0 Å². The van der Waals surface area contributed by atoms with Crippen LogP contribution in [0.15, 0.2) is 48.5 Å². The van der Waals surface area contributed by atoms with Gasteiger partial charge < -0.3 is 15.0 Å². The van der Waals surface area contributed by atoms with Gasteiger partial charge in [0.2, 0.25) is 5.91 Å². The molecule has 0 unspecified atom stereocenters. The molecule has 0 heterocycles. The third-order valence-electron chi connectivity index (χ3n) is 3.46. The Morgan fingerprint density at radius 1 is 1.18 bits per heavy atom. The van der Waals surface area contributed by atoms with Crippen molar-refractivity contribution in [3.63, 3.8) is 0 Å². The van der Waals surface area contributed by atoms with Crippen molar-refractivity contribution in [2.45, 2.75) is 13.8 Å². The molecule has 2 rings (SSSR count). The molecule has 2 aromatic carbocycles. The molecule has 0 aliphatic heterocycles. The lowest BCUT2D eigenvalue weighted by Gasteiger charge is -2.22. The van der Waals surface area contributed by atoms with Gasteiger partial charge in [-0.15, -0.1) is 0 Å². The van der Waals surface area contributed by atoms with Gasteiger partial charge in [-0.25, -0.2) is 0 Å². The number of nitrogens with zero attached hydrogens (tertiary/aromatic N) is 1. The highest BCUT2D eigenvalue weighted by atomic mass is 16.5. The van der Waals surface area contributed by atoms with Crippen LogP contribution < -0.4 is 15.0 Å². The molecular formula is C18H22N2O2. The number of carbonyl (C=O) groups excluding carboxylic acids is 1. The van der Waals surface area contributed by atoms with E-state index in [0.717, 1.165) is 22.7 Å². The molecule has 0 saturated heterocycles. The molecule has 4 nitrogen and oxygen atoms in total. The van der Waals surface area contributed by atoms with Gasteiger partial charge in [0.15, 0.2) is 0 Å². The zero-order valence-corrected chi connectivity index (χ0v) is 13.3. The van der Waals surface area contributed by atoms with Crippen molar-refractivity contribution in [1.29, 1.82) is 0 Å². The summed E-state index contributed by atoms with van der Waals surface area (Å²) in [5, 5.41) is 3.15. The van der Waals surface area contributed by atoms with Crippen LogP contribution in [0.4, 0.5) is 11.4 Å². The molecule has 0 aromatic heterocycles. The Morgan fingerprint density at radius 3 is 2.50 bits per heavy atom. The Kier molecular flexibility index (Phi) is 5.42. The SMILES string of the molecule is CCN(C(=O)CNc1ccc(OC)cc1)c1cccc(C)c1. The van der Waals surface area contributed by atoms with Crippen molar-refractivity contribution >= 4 is 17.3 Å². The largest absolute Gasteiger partial charge is 0.497 e. The molecule has 22 heavy (non-hydrogen) atoms. The maximum Gasteiger partial charge on any atom is 0.246 e. The van der Waals surface area contributed by atoms with Gasteiger partial charge in [0, 0.05) is 17.9 Å². The minimum absolute atomic E-state index is 0.0453. The van der Waals surface area contributed by atoms with E-state index in [1.807, 2.05) is 62.4 Å². The predicted molar refractivity (Wildman–Crippen MR) is 90.7 cm³/mol. The Morgan fingerprint density at radius 2 is 1.91 bits per heavy atom. The van der Waals surface area contributed by atoms with Crippen LogP contribution in [0.3, 0.4) is 0 Å². The van der Waals surface area contributed by atoms with Crippen LogP contribution in [0.1, 0.15) is 12.5 Å². The van der Waals surface area contributed by atoms with E-state index in [1.165, 1.54) is 0 Å². The standard InChI is InChI=1S/C18H22N2O2/c1-4-20(16-7-5-6-14(2)12-16)18(21)13-19-15-8-10-17(22-3)11-9-15/h5-12,19H,4,13H2,1-3H3. The number of hydrogen-bond donors (Lipinski definition) is 1. The first-order chi connectivity index (χ1) is 10.6. The Balaban J connectivity index is 2.00. The van der Waals surface area contributed by atoms with Gasteiger partial charge in [-0.3, -0.25) is 4.79 Å². The zero-order chi connectivity index (χ0) is 15.9. The number of amides is 1. The molecule has 0 radical (unpaired) electrons. The van der Waals surface area contributed by atoms with Gasteiger partial charge in [0.1, 0.15) is 5.75 Å². The highest BCUT2D eigenvalue weighted by molar-refractivity contribution is 5.96. The first-order valence-electron chi connectivity index (χ1n) is 7.39. The minimum Gasteiger partial charge on any atom is -0.497 e. The number of carbonyl (C=O) groups is 1. The van der Waals surface area contributed by atoms with Gasteiger partial charge >= 0.3 is 0 Å². The van der Waals surface area contributed by atoms with E-state index in [0.29, 0.717) is 6.54 Å². The summed E-state index contributed by atoms with van der Waals surface area (Å²) in [6.45, 7) is 4.91. The van der Waals surface area contributed by atoms with E-state index in [9.17, 15) is 4.79 Å². The lowest BCUT2D eigenvalue weighted by molar-refractivity contribution is -0.116. The highest BCUT2D eigenvalue weighted by Crippen LogP contribution is 2.17. The number of ether oxygens (including phenoxy) is 1. The molecule has 1 N–H and O–H groups in total. The molecule has 0 aliphatic rings. The quantitative estimate of drug-likeness (QED) is 0.888. The average Bonchev–Trinajstić information content (AvgIpc) is 2.54. The van der Waals surface area contributed by atoms with E-state index in [2.05, 4.69) is 5.32 Å². The van der Waals surface area contributed by atoms with Gasteiger partial charge in [-0.05, 0) is 55.8 Å². The molecule has 0 atom stereocenters. The molecule has 0 bridgehead atoms. The molecule has 0 fully saturated rings.